The maximum absolute atomic E-state index is 13.3. The molecule has 0 spiro atoms. The van der Waals surface area contributed by atoms with E-state index in [4.69, 9.17) is 5.73 Å². The van der Waals surface area contributed by atoms with Gasteiger partial charge in [-0.1, -0.05) is 6.07 Å². The summed E-state index contributed by atoms with van der Waals surface area (Å²) in [6, 6.07) is 10.4. The van der Waals surface area contributed by atoms with E-state index in [0.29, 0.717) is 10.2 Å². The first-order chi connectivity index (χ1) is 15.0. The van der Waals surface area contributed by atoms with Gasteiger partial charge >= 0.3 is 5.97 Å². The minimum atomic E-state index is -4.61. The molecule has 0 atom stereocenters. The van der Waals surface area contributed by atoms with Gasteiger partial charge in [0.2, 0.25) is 0 Å². The van der Waals surface area contributed by atoms with Crippen molar-refractivity contribution in [3.8, 4) is 0 Å². The van der Waals surface area contributed by atoms with Crippen LogP contribution in [0.25, 0.3) is 0 Å². The number of rotatable bonds is 4. The number of ketones is 2. The Balaban J connectivity index is 1.92. The molecule has 4 rings (SSSR count). The van der Waals surface area contributed by atoms with Crippen LogP contribution in [0.3, 0.4) is 0 Å². The van der Waals surface area contributed by atoms with Gasteiger partial charge in [-0.3, -0.25) is 14.1 Å². The molecule has 9 nitrogen and oxygen atoms in total. The third kappa shape index (κ3) is 3.55. The minimum absolute atomic E-state index is 0.00363. The summed E-state index contributed by atoms with van der Waals surface area (Å²) in [4.78, 5) is 37.2. The first kappa shape index (κ1) is 21.7. The van der Waals surface area contributed by atoms with E-state index in [2.05, 4.69) is 21.2 Å². The molecule has 0 heterocycles. The first-order valence-corrected chi connectivity index (χ1v) is 11.2. The maximum Gasteiger partial charge on any atom is 0.335 e. The molecule has 0 bridgehead atoms. The van der Waals surface area contributed by atoms with Gasteiger partial charge in [0.15, 0.2) is 11.6 Å². The van der Waals surface area contributed by atoms with E-state index >= 15 is 0 Å². The number of nitrogen functional groups attached to an aromatic ring is 1. The van der Waals surface area contributed by atoms with Crippen LogP contribution < -0.4 is 11.1 Å². The van der Waals surface area contributed by atoms with Crippen molar-refractivity contribution < 1.29 is 32.5 Å². The second-order valence-corrected chi connectivity index (χ2v) is 9.20. The van der Waals surface area contributed by atoms with Crippen molar-refractivity contribution >= 4 is 60.6 Å². The topological polar surface area (TPSA) is 164 Å². The Morgan fingerprint density at radius 1 is 0.969 bits per heavy atom. The molecule has 0 saturated heterocycles. The minimum Gasteiger partial charge on any atom is -0.478 e. The third-order valence-electron chi connectivity index (χ3n) is 4.94. The van der Waals surface area contributed by atoms with Gasteiger partial charge in [-0.2, -0.15) is 8.42 Å². The predicted molar refractivity (Wildman–Crippen MR) is 118 cm³/mol. The van der Waals surface area contributed by atoms with Crippen molar-refractivity contribution in [3.05, 3.63) is 80.8 Å². The fourth-order valence-corrected chi connectivity index (χ4v) is 4.39. The molecular formula is C21H13BrN2O7S. The quantitative estimate of drug-likeness (QED) is 0.234. The number of nitrogens with one attached hydrogen (secondary N) is 1. The highest BCUT2D eigenvalue weighted by Crippen LogP contribution is 2.40. The summed E-state index contributed by atoms with van der Waals surface area (Å²) in [5.41, 5.74) is 6.15. The number of nitrogens with two attached hydrogens (primary N) is 1. The summed E-state index contributed by atoms with van der Waals surface area (Å²) in [6.45, 7) is 0. The molecule has 0 fully saturated rings. The third-order valence-corrected chi connectivity index (χ3v) is 6.44. The molecule has 5 N–H and O–H groups in total. The number of fused-ring (bicyclic) bond motifs is 2. The van der Waals surface area contributed by atoms with Gasteiger partial charge in [-0.15, -0.1) is 0 Å². The van der Waals surface area contributed by atoms with Crippen molar-refractivity contribution in [2.45, 2.75) is 4.90 Å². The highest BCUT2D eigenvalue weighted by molar-refractivity contribution is 9.10. The van der Waals surface area contributed by atoms with Crippen LogP contribution in [0.15, 0.2) is 57.9 Å². The zero-order valence-electron chi connectivity index (χ0n) is 15.9. The zero-order chi connectivity index (χ0) is 23.4. The van der Waals surface area contributed by atoms with Crippen LogP contribution in [0, 0.1) is 0 Å². The van der Waals surface area contributed by atoms with E-state index < -0.39 is 32.5 Å². The number of hydrogen-bond donors (Lipinski definition) is 4. The average molecular weight is 517 g/mol. The molecule has 0 aliphatic heterocycles. The van der Waals surface area contributed by atoms with Crippen molar-refractivity contribution in [1.29, 1.82) is 0 Å². The summed E-state index contributed by atoms with van der Waals surface area (Å²) < 4.78 is 32.7. The lowest BCUT2D eigenvalue weighted by Crippen LogP contribution is -2.24. The first-order valence-electron chi connectivity index (χ1n) is 8.92. The molecule has 0 aromatic heterocycles. The molecule has 0 amide bonds. The van der Waals surface area contributed by atoms with Crippen LogP contribution in [0.4, 0.5) is 17.1 Å². The van der Waals surface area contributed by atoms with Crippen LogP contribution >= 0.6 is 15.9 Å². The van der Waals surface area contributed by atoms with E-state index in [-0.39, 0.29) is 39.2 Å². The highest BCUT2D eigenvalue weighted by Gasteiger charge is 2.35. The smallest absolute Gasteiger partial charge is 0.335 e. The van der Waals surface area contributed by atoms with Crippen molar-refractivity contribution in [2.24, 2.45) is 0 Å². The second-order valence-electron chi connectivity index (χ2n) is 6.92. The fourth-order valence-electron chi connectivity index (χ4n) is 3.46. The summed E-state index contributed by atoms with van der Waals surface area (Å²) in [6.07, 6.45) is 0. The highest BCUT2D eigenvalue weighted by atomic mass is 79.9. The molecule has 0 radical (unpaired) electrons. The van der Waals surface area contributed by atoms with Gasteiger partial charge in [-0.05, 0) is 58.4 Å². The molecule has 3 aromatic rings. The Bertz CT molecular complexity index is 1470. The van der Waals surface area contributed by atoms with Crippen LogP contribution in [0.1, 0.15) is 42.2 Å². The summed E-state index contributed by atoms with van der Waals surface area (Å²) in [7, 11) is -4.61. The van der Waals surface area contributed by atoms with Gasteiger partial charge < -0.3 is 16.2 Å². The van der Waals surface area contributed by atoms with E-state index in [1.54, 1.807) is 6.07 Å². The lowest BCUT2D eigenvalue weighted by Gasteiger charge is -2.23. The Morgan fingerprint density at radius 3 is 2.31 bits per heavy atom. The monoisotopic (exact) mass is 516 g/mol. The van der Waals surface area contributed by atoms with E-state index in [9.17, 15) is 32.5 Å². The molecule has 32 heavy (non-hydrogen) atoms. The average Bonchev–Trinajstić information content (AvgIpc) is 2.73. The SMILES string of the molecule is Nc1c(Br)cc(Nc2cccc(C(=O)O)c2)c2c1C(=O)c1ccc(S(=O)(=O)O)cc1C2=O. The Kier molecular flexibility index (Phi) is 5.12. The van der Waals surface area contributed by atoms with Crippen molar-refractivity contribution in [2.75, 3.05) is 11.1 Å². The Hall–Kier alpha value is -3.54. The molecular weight excluding hydrogens is 504 g/mol. The van der Waals surface area contributed by atoms with Crippen LogP contribution in [-0.2, 0) is 10.1 Å². The number of carbonyl (C=O) groups is 3. The number of carboxylic acid groups (broad SMARTS) is 1. The standard InChI is InChI=1S/C21H13BrN2O7S/c22-14-8-15(24-10-3-1-2-9(6-10)21(27)28)16-17(18(14)23)19(25)12-5-4-11(32(29,30)31)7-13(12)20(16)26/h1-8,24H,23H2,(H,27,28)(H,29,30,31). The summed E-state index contributed by atoms with van der Waals surface area (Å²) >= 11 is 3.27. The van der Waals surface area contributed by atoms with Gasteiger partial charge in [0.1, 0.15) is 0 Å². The fraction of sp³-hybridized carbons (Fsp3) is 0. The molecule has 0 saturated carbocycles. The van der Waals surface area contributed by atoms with E-state index in [0.717, 1.165) is 18.2 Å². The Morgan fingerprint density at radius 2 is 1.66 bits per heavy atom. The van der Waals surface area contributed by atoms with Gasteiger partial charge in [0.05, 0.1) is 33.0 Å². The number of hydrogen-bond acceptors (Lipinski definition) is 7. The maximum atomic E-state index is 13.3. The summed E-state index contributed by atoms with van der Waals surface area (Å²) in [5.74, 6) is -2.43. The van der Waals surface area contributed by atoms with Gasteiger partial charge in [0, 0.05) is 21.3 Å². The number of aromatic carboxylic acids is 1. The van der Waals surface area contributed by atoms with E-state index in [1.165, 1.54) is 24.3 Å². The number of benzene rings is 3. The Labute approximate surface area is 189 Å². The molecule has 1 aliphatic rings. The van der Waals surface area contributed by atoms with Crippen molar-refractivity contribution in [3.63, 3.8) is 0 Å². The van der Waals surface area contributed by atoms with Crippen LogP contribution in [0.2, 0.25) is 0 Å². The number of carbonyl (C=O) groups excluding carboxylic acids is 2. The second kappa shape index (κ2) is 7.55. The number of carboxylic acids is 1. The summed E-state index contributed by atoms with van der Waals surface area (Å²) in [5, 5.41) is 12.1. The zero-order valence-corrected chi connectivity index (χ0v) is 18.3. The van der Waals surface area contributed by atoms with Crippen LogP contribution in [-0.4, -0.2) is 35.6 Å². The number of anilines is 3. The molecule has 1 aliphatic carbocycles. The molecule has 3 aromatic carbocycles. The predicted octanol–water partition coefficient (Wildman–Crippen LogP) is 3.50. The normalized spacial score (nSPS) is 12.8. The lowest BCUT2D eigenvalue weighted by atomic mass is 9.82. The van der Waals surface area contributed by atoms with Crippen molar-refractivity contribution in [1.82, 2.24) is 0 Å². The lowest BCUT2D eigenvalue weighted by molar-refractivity contribution is 0.0696. The molecule has 0 unspecified atom stereocenters. The molecule has 11 heteroatoms. The van der Waals surface area contributed by atoms with Crippen LogP contribution in [0.5, 0.6) is 0 Å². The number of halogens is 1. The van der Waals surface area contributed by atoms with Gasteiger partial charge in [-0.25, -0.2) is 4.79 Å². The van der Waals surface area contributed by atoms with Gasteiger partial charge in [0.25, 0.3) is 10.1 Å². The van der Waals surface area contributed by atoms with E-state index in [1.807, 2.05) is 0 Å². The largest absolute Gasteiger partial charge is 0.478 e. The molecule has 162 valence electrons.